The topological polar surface area (TPSA) is 64.6 Å². The van der Waals surface area contributed by atoms with Crippen LogP contribution in [0, 0.1) is 0 Å². The second-order valence-electron chi connectivity index (χ2n) is 5.16. The van der Waals surface area contributed by atoms with Crippen LogP contribution in [0.2, 0.25) is 5.02 Å². The molecule has 2 rings (SSSR count). The maximum absolute atomic E-state index is 12.2. The van der Waals surface area contributed by atoms with Crippen molar-refractivity contribution >= 4 is 35.2 Å². The summed E-state index contributed by atoms with van der Waals surface area (Å²) in [6.07, 6.45) is 1.92. The molecule has 0 aliphatic rings. The molecule has 5 nitrogen and oxygen atoms in total. The molecule has 1 N–H and O–H groups in total. The summed E-state index contributed by atoms with van der Waals surface area (Å²) in [6.45, 7) is 1.49. The summed E-state index contributed by atoms with van der Waals surface area (Å²) in [5.41, 5.74) is 1.27. The number of hydrogen-bond acceptors (Lipinski definition) is 4. The third kappa shape index (κ3) is 5.65. The number of benzene rings is 2. The Bertz CT molecular complexity index is 774. The Kier molecular flexibility index (Phi) is 6.60. The molecule has 2 aromatic carbocycles. The number of amides is 1. The van der Waals surface area contributed by atoms with Crippen molar-refractivity contribution in [3.63, 3.8) is 0 Å². The van der Waals surface area contributed by atoms with E-state index >= 15 is 0 Å². The van der Waals surface area contributed by atoms with E-state index in [1.807, 2.05) is 30.3 Å². The molecule has 0 saturated carbocycles. The second kappa shape index (κ2) is 8.89. The number of ether oxygens (including phenoxy) is 2. The molecule has 0 spiro atoms. The van der Waals surface area contributed by atoms with E-state index in [1.165, 1.54) is 20.1 Å². The summed E-state index contributed by atoms with van der Waals surface area (Å²) in [4.78, 5) is 24.0. The van der Waals surface area contributed by atoms with Gasteiger partial charge in [-0.15, -0.1) is 0 Å². The predicted molar refractivity (Wildman–Crippen MR) is 97.7 cm³/mol. The Balaban J connectivity index is 1.95. The van der Waals surface area contributed by atoms with E-state index in [0.29, 0.717) is 16.5 Å². The number of esters is 1. The minimum Gasteiger partial charge on any atom is -0.495 e. The summed E-state index contributed by atoms with van der Waals surface area (Å²) in [5.74, 6) is -0.633. The van der Waals surface area contributed by atoms with E-state index in [4.69, 9.17) is 21.1 Å². The quantitative estimate of drug-likeness (QED) is 0.627. The number of methoxy groups -OCH3 is 1. The van der Waals surface area contributed by atoms with Crippen molar-refractivity contribution in [3.05, 3.63) is 65.2 Å². The van der Waals surface area contributed by atoms with Gasteiger partial charge in [0.1, 0.15) is 5.75 Å². The zero-order chi connectivity index (χ0) is 18.2. The number of hydrogen-bond donors (Lipinski definition) is 1. The molecular weight excluding hydrogens is 342 g/mol. The number of nitrogens with one attached hydrogen (secondary N) is 1. The Morgan fingerprint density at radius 3 is 2.56 bits per heavy atom. The van der Waals surface area contributed by atoms with Crippen LogP contribution in [0.15, 0.2) is 54.6 Å². The lowest BCUT2D eigenvalue weighted by Crippen LogP contribution is -2.29. The highest BCUT2D eigenvalue weighted by molar-refractivity contribution is 6.31. The van der Waals surface area contributed by atoms with Crippen LogP contribution in [0.3, 0.4) is 0 Å². The zero-order valence-electron chi connectivity index (χ0n) is 13.9. The Morgan fingerprint density at radius 2 is 1.88 bits per heavy atom. The Hall–Kier alpha value is -2.79. The first-order valence-corrected chi connectivity index (χ1v) is 7.95. The van der Waals surface area contributed by atoms with Gasteiger partial charge in [0.15, 0.2) is 6.10 Å². The van der Waals surface area contributed by atoms with Gasteiger partial charge in [-0.1, -0.05) is 41.9 Å². The van der Waals surface area contributed by atoms with E-state index in [-0.39, 0.29) is 0 Å². The summed E-state index contributed by atoms with van der Waals surface area (Å²) in [6, 6.07) is 14.1. The van der Waals surface area contributed by atoms with Gasteiger partial charge in [-0.05, 0) is 36.8 Å². The van der Waals surface area contributed by atoms with E-state index in [9.17, 15) is 9.59 Å². The number of anilines is 1. The van der Waals surface area contributed by atoms with Gasteiger partial charge in [-0.2, -0.15) is 0 Å². The highest BCUT2D eigenvalue weighted by Gasteiger charge is 2.18. The zero-order valence-corrected chi connectivity index (χ0v) is 14.6. The van der Waals surface area contributed by atoms with Crippen molar-refractivity contribution in [2.45, 2.75) is 13.0 Å². The monoisotopic (exact) mass is 359 g/mol. The maximum Gasteiger partial charge on any atom is 0.331 e. The minimum absolute atomic E-state index is 0.405. The average Bonchev–Trinajstić information content (AvgIpc) is 2.61. The molecule has 1 unspecified atom stereocenters. The second-order valence-corrected chi connectivity index (χ2v) is 5.59. The van der Waals surface area contributed by atoms with Crippen LogP contribution in [0.1, 0.15) is 12.5 Å². The van der Waals surface area contributed by atoms with E-state index in [0.717, 1.165) is 5.56 Å². The van der Waals surface area contributed by atoms with Gasteiger partial charge in [0, 0.05) is 11.1 Å². The highest BCUT2D eigenvalue weighted by Crippen LogP contribution is 2.27. The number of carbonyl (C=O) groups is 2. The average molecular weight is 360 g/mol. The summed E-state index contributed by atoms with van der Waals surface area (Å²) >= 11 is 5.92. The van der Waals surface area contributed by atoms with Gasteiger partial charge in [-0.3, -0.25) is 4.79 Å². The van der Waals surface area contributed by atoms with Gasteiger partial charge >= 0.3 is 5.97 Å². The molecule has 0 aliphatic carbocycles. The number of rotatable bonds is 6. The fourth-order valence-corrected chi connectivity index (χ4v) is 2.18. The van der Waals surface area contributed by atoms with Crippen molar-refractivity contribution in [1.82, 2.24) is 0 Å². The maximum atomic E-state index is 12.2. The van der Waals surface area contributed by atoms with Crippen LogP contribution in [0.4, 0.5) is 5.69 Å². The molecule has 0 aromatic heterocycles. The molecule has 2 aromatic rings. The largest absolute Gasteiger partial charge is 0.495 e. The molecule has 25 heavy (non-hydrogen) atoms. The lowest BCUT2D eigenvalue weighted by Gasteiger charge is -2.14. The summed E-state index contributed by atoms with van der Waals surface area (Å²) in [5, 5.41) is 3.08. The summed E-state index contributed by atoms with van der Waals surface area (Å²) in [7, 11) is 1.48. The molecule has 1 amide bonds. The Labute approximate surface area is 151 Å². The standard InChI is InChI=1S/C19H18ClNO4/c1-13(25-18(22)11-8-14-6-4-3-5-7-14)19(23)21-16-12-15(20)9-10-17(16)24-2/h3-13H,1-2H3,(H,21,23)/b11-8+. The fourth-order valence-electron chi connectivity index (χ4n) is 2.01. The molecule has 0 fully saturated rings. The summed E-state index contributed by atoms with van der Waals surface area (Å²) < 4.78 is 10.3. The van der Waals surface area contributed by atoms with Crippen molar-refractivity contribution in [2.75, 3.05) is 12.4 Å². The lowest BCUT2D eigenvalue weighted by atomic mass is 10.2. The van der Waals surface area contributed by atoms with E-state index in [2.05, 4.69) is 5.32 Å². The van der Waals surface area contributed by atoms with Crippen LogP contribution >= 0.6 is 11.6 Å². The Morgan fingerprint density at radius 1 is 1.16 bits per heavy atom. The fraction of sp³-hybridized carbons (Fsp3) is 0.158. The predicted octanol–water partition coefficient (Wildman–Crippen LogP) is 3.93. The van der Waals surface area contributed by atoms with Crippen molar-refractivity contribution in [3.8, 4) is 5.75 Å². The van der Waals surface area contributed by atoms with E-state index < -0.39 is 18.0 Å². The molecule has 0 heterocycles. The molecule has 0 radical (unpaired) electrons. The first-order valence-electron chi connectivity index (χ1n) is 7.57. The van der Waals surface area contributed by atoms with Gasteiger partial charge in [0.05, 0.1) is 12.8 Å². The molecule has 0 bridgehead atoms. The number of carbonyl (C=O) groups excluding carboxylic acids is 2. The first kappa shape index (κ1) is 18.5. The molecule has 0 aliphatic heterocycles. The van der Waals surface area contributed by atoms with Gasteiger partial charge in [0.25, 0.3) is 5.91 Å². The van der Waals surface area contributed by atoms with Crippen molar-refractivity contribution in [2.24, 2.45) is 0 Å². The normalized spacial score (nSPS) is 11.8. The van der Waals surface area contributed by atoms with Crippen LogP contribution in [-0.2, 0) is 14.3 Å². The third-order valence-electron chi connectivity index (χ3n) is 3.29. The van der Waals surface area contributed by atoms with Crippen molar-refractivity contribution in [1.29, 1.82) is 0 Å². The molecule has 0 saturated heterocycles. The van der Waals surface area contributed by atoms with Crippen LogP contribution < -0.4 is 10.1 Å². The third-order valence-corrected chi connectivity index (χ3v) is 3.53. The smallest absolute Gasteiger partial charge is 0.331 e. The minimum atomic E-state index is -0.975. The van der Waals surface area contributed by atoms with E-state index in [1.54, 1.807) is 24.3 Å². The van der Waals surface area contributed by atoms with Crippen LogP contribution in [0.25, 0.3) is 6.08 Å². The van der Waals surface area contributed by atoms with Crippen LogP contribution in [-0.4, -0.2) is 25.1 Å². The van der Waals surface area contributed by atoms with Gasteiger partial charge in [0.2, 0.25) is 0 Å². The first-order chi connectivity index (χ1) is 12.0. The lowest BCUT2D eigenvalue weighted by molar-refractivity contribution is -0.148. The number of halogens is 1. The van der Waals surface area contributed by atoms with Gasteiger partial charge in [-0.25, -0.2) is 4.79 Å². The van der Waals surface area contributed by atoms with Crippen molar-refractivity contribution < 1.29 is 19.1 Å². The van der Waals surface area contributed by atoms with Crippen LogP contribution in [0.5, 0.6) is 5.75 Å². The SMILES string of the molecule is COc1ccc(Cl)cc1NC(=O)C(C)OC(=O)/C=C/c1ccccc1. The molecule has 6 heteroatoms. The molecular formula is C19H18ClNO4. The molecule has 1 atom stereocenters. The van der Waals surface area contributed by atoms with Gasteiger partial charge < -0.3 is 14.8 Å². The molecule has 130 valence electrons. The highest BCUT2D eigenvalue weighted by atomic mass is 35.5.